The van der Waals surface area contributed by atoms with E-state index >= 15 is 0 Å². The van der Waals surface area contributed by atoms with E-state index in [4.69, 9.17) is 28.4 Å². The van der Waals surface area contributed by atoms with Crippen LogP contribution in [0.1, 0.15) is 29.2 Å². The van der Waals surface area contributed by atoms with Gasteiger partial charge in [-0.1, -0.05) is 121 Å². The molecule has 7 heteroatoms. The monoisotopic (exact) mass is 608 g/mol. The zero-order valence-electron chi connectivity index (χ0n) is 25.5. The second-order valence-electron chi connectivity index (χ2n) is 10.7. The third kappa shape index (κ3) is 9.86. The molecule has 234 valence electrons. The molecule has 0 unspecified atom stereocenters. The van der Waals surface area contributed by atoms with Crippen LogP contribution in [0.5, 0.6) is 0 Å². The molecule has 0 N–H and O–H groups in total. The molecule has 45 heavy (non-hydrogen) atoms. The predicted octanol–water partition coefficient (Wildman–Crippen LogP) is 6.81. The van der Waals surface area contributed by atoms with Crippen molar-refractivity contribution in [2.45, 2.75) is 57.8 Å². The summed E-state index contributed by atoms with van der Waals surface area (Å²) in [5.74, 6) is -0.203. The van der Waals surface area contributed by atoms with Gasteiger partial charge in [-0.15, -0.1) is 0 Å². The van der Waals surface area contributed by atoms with E-state index in [0.29, 0.717) is 25.6 Å². The van der Waals surface area contributed by atoms with Gasteiger partial charge >= 0.3 is 5.97 Å². The number of carbonyl (C=O) groups is 1. The minimum absolute atomic E-state index is 0.200. The number of carbonyl (C=O) groups excluding carboxylic acids is 1. The molecule has 7 nitrogen and oxygen atoms in total. The van der Waals surface area contributed by atoms with Crippen molar-refractivity contribution in [3.8, 4) is 0 Å². The first kappa shape index (κ1) is 32.1. The minimum Gasteiger partial charge on any atom is -0.486 e. The number of esters is 1. The van der Waals surface area contributed by atoms with Crippen LogP contribution in [-0.2, 0) is 59.6 Å². The normalized spacial score (nSPS) is 20.4. The van der Waals surface area contributed by atoms with E-state index in [1.54, 1.807) is 6.92 Å². The third-order valence-electron chi connectivity index (χ3n) is 7.34. The summed E-state index contributed by atoms with van der Waals surface area (Å²) in [4.78, 5) is 12.8. The summed E-state index contributed by atoms with van der Waals surface area (Å²) in [5.41, 5.74) is 4.03. The van der Waals surface area contributed by atoms with Crippen molar-refractivity contribution in [3.05, 3.63) is 155 Å². The average molecular weight is 609 g/mol. The second-order valence-corrected chi connectivity index (χ2v) is 10.7. The Balaban J connectivity index is 1.46. The Kier molecular flexibility index (Phi) is 12.3. The molecule has 4 atom stereocenters. The van der Waals surface area contributed by atoms with Gasteiger partial charge in [0.05, 0.1) is 45.7 Å². The van der Waals surface area contributed by atoms with Crippen molar-refractivity contribution in [1.29, 1.82) is 0 Å². The molecule has 1 heterocycles. The van der Waals surface area contributed by atoms with Crippen molar-refractivity contribution in [2.75, 3.05) is 13.2 Å². The fraction of sp³-hybridized carbons (Fsp3) is 0.289. The average Bonchev–Trinajstić information content (AvgIpc) is 3.08. The van der Waals surface area contributed by atoms with E-state index in [1.165, 1.54) is 6.08 Å². The maximum Gasteiger partial charge on any atom is 0.334 e. The summed E-state index contributed by atoms with van der Waals surface area (Å²) in [7, 11) is 0. The van der Waals surface area contributed by atoms with E-state index in [9.17, 15) is 4.79 Å². The summed E-state index contributed by atoms with van der Waals surface area (Å²) in [6, 6.07) is 39.7. The van der Waals surface area contributed by atoms with Gasteiger partial charge in [0.15, 0.2) is 6.10 Å². The van der Waals surface area contributed by atoms with Gasteiger partial charge in [-0.05, 0) is 29.2 Å². The van der Waals surface area contributed by atoms with Crippen LogP contribution in [0.2, 0.25) is 0 Å². The number of ether oxygens (including phenoxy) is 6. The molecule has 4 aromatic rings. The molecule has 1 aliphatic rings. The smallest absolute Gasteiger partial charge is 0.334 e. The van der Waals surface area contributed by atoms with E-state index in [1.807, 2.05) is 121 Å². The maximum atomic E-state index is 12.8. The van der Waals surface area contributed by atoms with Gasteiger partial charge < -0.3 is 28.4 Å². The molecule has 0 aromatic heterocycles. The van der Waals surface area contributed by atoms with Crippen molar-refractivity contribution in [2.24, 2.45) is 0 Å². The quantitative estimate of drug-likeness (QED) is 0.109. The minimum atomic E-state index is -0.760. The SMILES string of the molecule is CCOC(=O)/C=C1\O[C@H](COCc2ccccc2)[C@@H](OCc2ccccc2)[C@H](OCc2ccccc2)[C@H]1OCc1ccccc1. The first-order chi connectivity index (χ1) is 22.2. The highest BCUT2D eigenvalue weighted by atomic mass is 16.6. The molecule has 1 saturated heterocycles. The maximum absolute atomic E-state index is 12.8. The summed E-state index contributed by atoms with van der Waals surface area (Å²) >= 11 is 0. The number of benzene rings is 4. The Labute approximate surface area is 265 Å². The van der Waals surface area contributed by atoms with Crippen LogP contribution in [0, 0.1) is 0 Å². The fourth-order valence-electron chi connectivity index (χ4n) is 5.12. The molecule has 0 aliphatic carbocycles. The second kappa shape index (κ2) is 17.3. The lowest BCUT2D eigenvalue weighted by molar-refractivity contribution is -0.223. The molecule has 5 rings (SSSR count). The predicted molar refractivity (Wildman–Crippen MR) is 171 cm³/mol. The summed E-state index contributed by atoms with van der Waals surface area (Å²) in [5, 5.41) is 0. The molecule has 1 aliphatic heterocycles. The van der Waals surface area contributed by atoms with E-state index in [2.05, 4.69) is 0 Å². The Morgan fingerprint density at radius 1 is 0.622 bits per heavy atom. The summed E-state index contributed by atoms with van der Waals surface area (Å²) in [6.45, 7) is 3.52. The fourth-order valence-corrected chi connectivity index (χ4v) is 5.12. The highest BCUT2D eigenvalue weighted by molar-refractivity contribution is 5.82. The number of hydrogen-bond acceptors (Lipinski definition) is 7. The highest BCUT2D eigenvalue weighted by Crippen LogP contribution is 2.33. The van der Waals surface area contributed by atoms with Crippen LogP contribution in [0.3, 0.4) is 0 Å². The van der Waals surface area contributed by atoms with Gasteiger partial charge in [0, 0.05) is 0 Å². The lowest BCUT2D eigenvalue weighted by Crippen LogP contribution is -2.56. The van der Waals surface area contributed by atoms with Gasteiger partial charge in [0.2, 0.25) is 0 Å². The van der Waals surface area contributed by atoms with Crippen molar-refractivity contribution >= 4 is 5.97 Å². The van der Waals surface area contributed by atoms with Crippen molar-refractivity contribution in [3.63, 3.8) is 0 Å². The third-order valence-corrected chi connectivity index (χ3v) is 7.34. The van der Waals surface area contributed by atoms with Crippen LogP contribution in [-0.4, -0.2) is 43.6 Å². The van der Waals surface area contributed by atoms with E-state index in [-0.39, 0.29) is 19.8 Å². The lowest BCUT2D eigenvalue weighted by atomic mass is 9.96. The summed E-state index contributed by atoms with van der Waals surface area (Å²) < 4.78 is 37.8. The number of rotatable bonds is 15. The summed E-state index contributed by atoms with van der Waals surface area (Å²) in [6.07, 6.45) is -1.24. The van der Waals surface area contributed by atoms with Crippen LogP contribution in [0.15, 0.2) is 133 Å². The van der Waals surface area contributed by atoms with Crippen molar-refractivity contribution < 1.29 is 33.2 Å². The zero-order chi connectivity index (χ0) is 31.1. The molecular weight excluding hydrogens is 568 g/mol. The van der Waals surface area contributed by atoms with Crippen LogP contribution in [0.4, 0.5) is 0 Å². The molecule has 0 bridgehead atoms. The molecular formula is C38H40O7. The lowest BCUT2D eigenvalue weighted by Gasteiger charge is -2.43. The van der Waals surface area contributed by atoms with Gasteiger partial charge in [0.1, 0.15) is 24.1 Å². The van der Waals surface area contributed by atoms with Gasteiger partial charge in [-0.3, -0.25) is 0 Å². The molecule has 0 saturated carbocycles. The Bertz CT molecular complexity index is 1440. The molecule has 4 aromatic carbocycles. The van der Waals surface area contributed by atoms with Crippen LogP contribution in [0.25, 0.3) is 0 Å². The van der Waals surface area contributed by atoms with Crippen LogP contribution >= 0.6 is 0 Å². The first-order valence-electron chi connectivity index (χ1n) is 15.3. The molecule has 0 radical (unpaired) electrons. The molecule has 0 spiro atoms. The molecule has 1 fully saturated rings. The van der Waals surface area contributed by atoms with Gasteiger partial charge in [-0.2, -0.15) is 0 Å². The van der Waals surface area contributed by atoms with Gasteiger partial charge in [0.25, 0.3) is 0 Å². The first-order valence-corrected chi connectivity index (χ1v) is 15.3. The standard InChI is InChI=1S/C38H40O7/c1-2-41-35(39)23-33-36(42-25-30-17-9-4-10-18-30)38(44-27-32-21-13-6-14-22-32)37(43-26-31-19-11-5-12-20-31)34(45-33)28-40-24-29-15-7-3-8-16-29/h3-23,34,36-38H,2,24-28H2,1H3/b33-23-/t34-,36+,37-,38-/m1/s1. The zero-order valence-corrected chi connectivity index (χ0v) is 25.5. The Morgan fingerprint density at radius 2 is 1.07 bits per heavy atom. The van der Waals surface area contributed by atoms with Crippen LogP contribution < -0.4 is 0 Å². The molecule has 0 amide bonds. The number of hydrogen-bond donors (Lipinski definition) is 0. The Morgan fingerprint density at radius 3 is 1.56 bits per heavy atom. The van der Waals surface area contributed by atoms with Gasteiger partial charge in [-0.25, -0.2) is 4.79 Å². The largest absolute Gasteiger partial charge is 0.486 e. The topological polar surface area (TPSA) is 72.5 Å². The Hall–Kier alpha value is -4.27. The van der Waals surface area contributed by atoms with E-state index in [0.717, 1.165) is 22.3 Å². The highest BCUT2D eigenvalue weighted by Gasteiger charge is 2.47. The van der Waals surface area contributed by atoms with E-state index < -0.39 is 30.4 Å². The van der Waals surface area contributed by atoms with Crippen molar-refractivity contribution in [1.82, 2.24) is 0 Å².